The number of halogens is 3. The van der Waals surface area contributed by atoms with E-state index < -0.39 is 11.5 Å². The normalized spacial score (nSPS) is 19.7. The molecule has 6 nitrogen and oxygen atoms in total. The summed E-state index contributed by atoms with van der Waals surface area (Å²) < 4.78 is 43.5. The molecule has 2 aromatic rings. The molecule has 0 spiro atoms. The van der Waals surface area contributed by atoms with Gasteiger partial charge in [-0.15, -0.1) is 0 Å². The van der Waals surface area contributed by atoms with E-state index in [2.05, 4.69) is 15.3 Å². The average molecular weight is 427 g/mol. The highest BCUT2D eigenvalue weighted by Gasteiger charge is 2.29. The Balaban J connectivity index is 1.60. The van der Waals surface area contributed by atoms with E-state index >= 15 is 0 Å². The van der Waals surface area contributed by atoms with Gasteiger partial charge in [0.05, 0.1) is 12.2 Å². The second kappa shape index (κ2) is 9.00. The molecule has 1 aliphatic heterocycles. The van der Waals surface area contributed by atoms with Crippen LogP contribution in [0.1, 0.15) is 47.0 Å². The zero-order chi connectivity index (χ0) is 21.0. The second-order valence-corrected chi connectivity index (χ2v) is 7.81. The Hall–Kier alpha value is -2.33. The molecule has 0 aliphatic carbocycles. The molecule has 1 aromatic carbocycles. The molecule has 2 unspecified atom stereocenters. The first kappa shape index (κ1) is 21.4. The number of nitrogens with zero attached hydrogens (tertiary/aromatic N) is 2. The molecule has 1 aromatic heterocycles. The van der Waals surface area contributed by atoms with Gasteiger partial charge in [0.2, 0.25) is 0 Å². The number of thioether (sulfide) groups is 1. The minimum absolute atomic E-state index is 0.0539. The summed E-state index contributed by atoms with van der Waals surface area (Å²) in [5.74, 6) is -0.675. The van der Waals surface area contributed by atoms with Gasteiger partial charge in [0.1, 0.15) is 12.1 Å². The fourth-order valence-corrected chi connectivity index (χ4v) is 3.77. The number of rotatable bonds is 6. The van der Waals surface area contributed by atoms with E-state index in [9.17, 15) is 18.0 Å². The number of hydrogen-bond acceptors (Lipinski definition) is 6. The van der Waals surface area contributed by atoms with Crippen molar-refractivity contribution in [1.29, 1.82) is 0 Å². The van der Waals surface area contributed by atoms with Crippen LogP contribution in [0.2, 0.25) is 0 Å². The minimum Gasteiger partial charge on any atom is -0.476 e. The first-order valence-electron chi connectivity index (χ1n) is 9.03. The highest BCUT2D eigenvalue weighted by atomic mass is 32.2. The van der Waals surface area contributed by atoms with E-state index in [4.69, 9.17) is 9.84 Å². The molecule has 0 bridgehead atoms. The van der Waals surface area contributed by atoms with Crippen molar-refractivity contribution >= 4 is 23.5 Å². The monoisotopic (exact) mass is 427 g/mol. The number of carboxylic acids is 1. The van der Waals surface area contributed by atoms with Crippen LogP contribution in [0.3, 0.4) is 0 Å². The van der Waals surface area contributed by atoms with E-state index in [1.807, 2.05) is 0 Å². The van der Waals surface area contributed by atoms with Crippen molar-refractivity contribution in [2.24, 2.45) is 0 Å². The van der Waals surface area contributed by atoms with Crippen LogP contribution < -0.4 is 5.32 Å². The minimum atomic E-state index is -4.31. The van der Waals surface area contributed by atoms with Gasteiger partial charge in [-0.25, -0.2) is 14.8 Å². The van der Waals surface area contributed by atoms with Crippen LogP contribution >= 0.6 is 11.8 Å². The van der Waals surface area contributed by atoms with Gasteiger partial charge in [-0.3, -0.25) is 0 Å². The molecule has 0 radical (unpaired) electrons. The Morgan fingerprint density at radius 2 is 2.00 bits per heavy atom. The summed E-state index contributed by atoms with van der Waals surface area (Å²) >= 11 is -0.138. The van der Waals surface area contributed by atoms with Crippen molar-refractivity contribution in [2.75, 3.05) is 11.9 Å². The molecule has 2 N–H and O–H groups in total. The summed E-state index contributed by atoms with van der Waals surface area (Å²) in [6.07, 6.45) is 3.41. The summed E-state index contributed by atoms with van der Waals surface area (Å²) in [7, 11) is 0. The van der Waals surface area contributed by atoms with Crippen molar-refractivity contribution in [2.45, 2.75) is 48.8 Å². The molecule has 156 valence electrons. The molecule has 2 atom stereocenters. The predicted octanol–water partition coefficient (Wildman–Crippen LogP) is 4.82. The van der Waals surface area contributed by atoms with E-state index in [0.29, 0.717) is 17.9 Å². The van der Waals surface area contributed by atoms with E-state index in [1.165, 1.54) is 18.5 Å². The fourth-order valence-electron chi connectivity index (χ4n) is 3.23. The van der Waals surface area contributed by atoms with Gasteiger partial charge in [0.15, 0.2) is 5.69 Å². The Labute approximate surface area is 169 Å². The summed E-state index contributed by atoms with van der Waals surface area (Å²) in [6.45, 7) is 2.08. The lowest BCUT2D eigenvalue weighted by Gasteiger charge is -2.31. The number of aromatic carboxylic acids is 1. The SMILES string of the molecule is Cc1c(NCC2CCCC(c3ccc(SC(F)(F)F)cc3)O2)ncnc1C(=O)O. The molecule has 2 heterocycles. The number of carbonyl (C=O) groups is 1. The Bertz CT molecular complexity index is 862. The van der Waals surface area contributed by atoms with Crippen LogP contribution in [-0.4, -0.2) is 39.2 Å². The van der Waals surface area contributed by atoms with Crippen molar-refractivity contribution in [3.05, 3.63) is 47.4 Å². The maximum absolute atomic E-state index is 12.5. The fraction of sp³-hybridized carbons (Fsp3) is 0.421. The molecule has 0 amide bonds. The van der Waals surface area contributed by atoms with Crippen molar-refractivity contribution in [1.82, 2.24) is 9.97 Å². The smallest absolute Gasteiger partial charge is 0.446 e. The molecule has 1 fully saturated rings. The van der Waals surface area contributed by atoms with Crippen LogP contribution in [0.25, 0.3) is 0 Å². The van der Waals surface area contributed by atoms with Crippen LogP contribution in [0.4, 0.5) is 19.0 Å². The number of hydrogen-bond donors (Lipinski definition) is 2. The Kier molecular flexibility index (Phi) is 6.63. The number of ether oxygens (including phenoxy) is 1. The first-order chi connectivity index (χ1) is 13.7. The molecule has 0 saturated carbocycles. The van der Waals surface area contributed by atoms with E-state index in [-0.39, 0.29) is 34.6 Å². The van der Waals surface area contributed by atoms with E-state index in [0.717, 1.165) is 24.8 Å². The summed E-state index contributed by atoms with van der Waals surface area (Å²) in [4.78, 5) is 19.2. The van der Waals surface area contributed by atoms with Gasteiger partial charge in [0, 0.05) is 17.0 Å². The zero-order valence-corrected chi connectivity index (χ0v) is 16.4. The summed E-state index contributed by atoms with van der Waals surface area (Å²) in [5.41, 5.74) is -3.07. The first-order valence-corrected chi connectivity index (χ1v) is 9.84. The maximum atomic E-state index is 12.5. The highest BCUT2D eigenvalue weighted by Crippen LogP contribution is 2.38. The van der Waals surface area contributed by atoms with Crippen LogP contribution in [-0.2, 0) is 4.74 Å². The van der Waals surface area contributed by atoms with Crippen molar-refractivity contribution in [3.8, 4) is 0 Å². The summed E-state index contributed by atoms with van der Waals surface area (Å²) in [5, 5.41) is 12.3. The largest absolute Gasteiger partial charge is 0.476 e. The molecular weight excluding hydrogens is 407 g/mol. The van der Waals surface area contributed by atoms with Crippen LogP contribution in [0.5, 0.6) is 0 Å². The maximum Gasteiger partial charge on any atom is 0.446 e. The Morgan fingerprint density at radius 1 is 1.28 bits per heavy atom. The molecule has 1 saturated heterocycles. The van der Waals surface area contributed by atoms with Gasteiger partial charge in [-0.05, 0) is 55.6 Å². The highest BCUT2D eigenvalue weighted by molar-refractivity contribution is 8.00. The number of anilines is 1. The number of benzene rings is 1. The zero-order valence-electron chi connectivity index (χ0n) is 15.6. The average Bonchev–Trinajstić information content (AvgIpc) is 2.66. The number of alkyl halides is 3. The molecule has 3 rings (SSSR count). The number of carboxylic acid groups (broad SMARTS) is 1. The summed E-state index contributed by atoms with van der Waals surface area (Å²) in [6, 6.07) is 6.25. The van der Waals surface area contributed by atoms with Gasteiger partial charge in [-0.1, -0.05) is 12.1 Å². The lowest BCUT2D eigenvalue weighted by atomic mass is 9.98. The van der Waals surface area contributed by atoms with Crippen LogP contribution in [0, 0.1) is 6.92 Å². The second-order valence-electron chi connectivity index (χ2n) is 6.68. The third kappa shape index (κ3) is 5.83. The molecule has 1 aliphatic rings. The lowest BCUT2D eigenvalue weighted by Crippen LogP contribution is -2.29. The third-order valence-corrected chi connectivity index (χ3v) is 5.36. The van der Waals surface area contributed by atoms with Gasteiger partial charge in [0.25, 0.3) is 0 Å². The number of aromatic nitrogens is 2. The van der Waals surface area contributed by atoms with Crippen molar-refractivity contribution < 1.29 is 27.8 Å². The molecule has 10 heteroatoms. The van der Waals surface area contributed by atoms with Gasteiger partial charge in [-0.2, -0.15) is 13.2 Å². The predicted molar refractivity (Wildman–Crippen MR) is 102 cm³/mol. The Morgan fingerprint density at radius 3 is 2.66 bits per heavy atom. The van der Waals surface area contributed by atoms with Gasteiger partial charge >= 0.3 is 11.5 Å². The number of nitrogens with one attached hydrogen (secondary N) is 1. The standard InChI is InChI=1S/C19H20F3N3O3S/c1-11-16(18(26)27)24-10-25-17(11)23-9-13-3-2-4-15(28-13)12-5-7-14(8-6-12)29-19(20,21)22/h5-8,10,13,15H,2-4,9H2,1H3,(H,26,27)(H,23,24,25). The topological polar surface area (TPSA) is 84.3 Å². The third-order valence-electron chi connectivity index (χ3n) is 4.62. The van der Waals surface area contributed by atoms with E-state index in [1.54, 1.807) is 19.1 Å². The van der Waals surface area contributed by atoms with Gasteiger partial charge < -0.3 is 15.2 Å². The molecular formula is C19H20F3N3O3S. The molecule has 29 heavy (non-hydrogen) atoms. The van der Waals surface area contributed by atoms with Crippen LogP contribution in [0.15, 0.2) is 35.5 Å². The van der Waals surface area contributed by atoms with Crippen molar-refractivity contribution in [3.63, 3.8) is 0 Å². The lowest BCUT2D eigenvalue weighted by molar-refractivity contribution is -0.0442. The quantitative estimate of drug-likeness (QED) is 0.640.